The van der Waals surface area contributed by atoms with Gasteiger partial charge in [0.1, 0.15) is 11.2 Å². The summed E-state index contributed by atoms with van der Waals surface area (Å²) in [7, 11) is 0. The maximum atomic E-state index is 12.3. The van der Waals surface area contributed by atoms with Gasteiger partial charge in [-0.05, 0) is 24.3 Å². The van der Waals surface area contributed by atoms with E-state index in [9.17, 15) is 4.79 Å². The van der Waals surface area contributed by atoms with Crippen LogP contribution in [-0.4, -0.2) is 0 Å². The highest BCUT2D eigenvalue weighted by molar-refractivity contribution is 7.80. The average molecular weight is 263 g/mol. The summed E-state index contributed by atoms with van der Waals surface area (Å²) in [4.78, 5) is 12.8. The topological polar surface area (TPSA) is 30.2 Å². The number of rotatable bonds is 0. The number of para-hydroxylation sites is 1. The molecule has 2 nitrogen and oxygen atoms in total. The molecule has 0 N–H and O–H groups in total. The second kappa shape index (κ2) is 3.79. The fourth-order valence-electron chi connectivity index (χ4n) is 1.85. The second-order valence-electron chi connectivity index (χ2n) is 3.70. The van der Waals surface area contributed by atoms with Gasteiger partial charge in [0.05, 0.1) is 15.8 Å². The highest BCUT2D eigenvalue weighted by Gasteiger charge is 2.11. The molecule has 3 aromatic rings. The Bertz CT molecular complexity index is 792. The molecule has 0 saturated carbocycles. The third kappa shape index (κ3) is 1.54. The maximum absolute atomic E-state index is 12.3. The third-order valence-electron chi connectivity index (χ3n) is 2.67. The maximum Gasteiger partial charge on any atom is 0.201 e. The van der Waals surface area contributed by atoms with Crippen molar-refractivity contribution >= 4 is 46.2 Å². The molecule has 0 fully saturated rings. The molecule has 0 amide bonds. The van der Waals surface area contributed by atoms with Gasteiger partial charge in [-0.2, -0.15) is 0 Å². The number of hydrogen-bond donors (Lipinski definition) is 1. The highest BCUT2D eigenvalue weighted by Crippen LogP contribution is 2.29. The van der Waals surface area contributed by atoms with Crippen LogP contribution in [0.3, 0.4) is 0 Å². The predicted octanol–water partition coefficient (Wildman–Crippen LogP) is 3.89. The standard InChI is InChI=1S/C13H7ClO2S/c14-8-5-6-10-11(13(8)17)12(15)7-3-1-2-4-9(7)16-10/h1-6,17H. The van der Waals surface area contributed by atoms with E-state index >= 15 is 0 Å². The van der Waals surface area contributed by atoms with Crippen LogP contribution in [0.2, 0.25) is 5.02 Å². The van der Waals surface area contributed by atoms with Gasteiger partial charge >= 0.3 is 0 Å². The minimum atomic E-state index is -0.102. The molecule has 0 radical (unpaired) electrons. The number of benzene rings is 2. The monoisotopic (exact) mass is 262 g/mol. The van der Waals surface area contributed by atoms with Gasteiger partial charge < -0.3 is 4.42 Å². The molecule has 0 aliphatic carbocycles. The SMILES string of the molecule is O=c1c2ccccc2oc2ccc(Cl)c(S)c12. The van der Waals surface area contributed by atoms with E-state index in [2.05, 4.69) is 12.6 Å². The van der Waals surface area contributed by atoms with Crippen LogP contribution in [0.5, 0.6) is 0 Å². The number of halogens is 1. The van der Waals surface area contributed by atoms with Crippen molar-refractivity contribution in [3.63, 3.8) is 0 Å². The van der Waals surface area contributed by atoms with Crippen molar-refractivity contribution in [2.24, 2.45) is 0 Å². The van der Waals surface area contributed by atoms with Gasteiger partial charge in [0.2, 0.25) is 5.43 Å². The molecule has 0 saturated heterocycles. The van der Waals surface area contributed by atoms with Crippen LogP contribution in [0, 0.1) is 0 Å². The lowest BCUT2D eigenvalue weighted by Gasteiger charge is -2.04. The van der Waals surface area contributed by atoms with E-state index in [1.807, 2.05) is 6.07 Å². The summed E-state index contributed by atoms with van der Waals surface area (Å²) in [6.45, 7) is 0. The molecule has 17 heavy (non-hydrogen) atoms. The van der Waals surface area contributed by atoms with E-state index in [0.29, 0.717) is 31.9 Å². The van der Waals surface area contributed by atoms with Crippen molar-refractivity contribution in [1.82, 2.24) is 0 Å². The van der Waals surface area contributed by atoms with Gasteiger partial charge in [0, 0.05) is 4.90 Å². The summed E-state index contributed by atoms with van der Waals surface area (Å²) in [5.74, 6) is 0. The summed E-state index contributed by atoms with van der Waals surface area (Å²) in [5.41, 5.74) is 0.970. The fourth-order valence-corrected chi connectivity index (χ4v) is 2.29. The number of fused-ring (bicyclic) bond motifs is 2. The smallest absolute Gasteiger partial charge is 0.201 e. The zero-order valence-corrected chi connectivity index (χ0v) is 10.3. The Morgan fingerprint density at radius 3 is 2.65 bits per heavy atom. The molecular weight excluding hydrogens is 256 g/mol. The minimum absolute atomic E-state index is 0.102. The van der Waals surface area contributed by atoms with Crippen molar-refractivity contribution in [1.29, 1.82) is 0 Å². The molecule has 4 heteroatoms. The van der Waals surface area contributed by atoms with Crippen molar-refractivity contribution in [2.75, 3.05) is 0 Å². The van der Waals surface area contributed by atoms with E-state index in [4.69, 9.17) is 16.0 Å². The van der Waals surface area contributed by atoms with Crippen molar-refractivity contribution < 1.29 is 4.42 Å². The summed E-state index contributed by atoms with van der Waals surface area (Å²) >= 11 is 10.2. The Hall–Kier alpha value is -1.45. The van der Waals surface area contributed by atoms with E-state index < -0.39 is 0 Å². The van der Waals surface area contributed by atoms with E-state index in [1.54, 1.807) is 30.3 Å². The van der Waals surface area contributed by atoms with Crippen molar-refractivity contribution in [2.45, 2.75) is 4.90 Å². The van der Waals surface area contributed by atoms with Crippen LogP contribution in [0.1, 0.15) is 0 Å². The lowest BCUT2D eigenvalue weighted by atomic mass is 10.1. The Labute approximate surface area is 107 Å². The minimum Gasteiger partial charge on any atom is -0.456 e. The highest BCUT2D eigenvalue weighted by atomic mass is 35.5. The van der Waals surface area contributed by atoms with Crippen LogP contribution >= 0.6 is 24.2 Å². The lowest BCUT2D eigenvalue weighted by Crippen LogP contribution is -2.02. The van der Waals surface area contributed by atoms with Crippen LogP contribution in [0.4, 0.5) is 0 Å². The molecule has 84 valence electrons. The van der Waals surface area contributed by atoms with Crippen LogP contribution in [0.15, 0.2) is 50.5 Å². The molecule has 0 bridgehead atoms. The summed E-state index contributed by atoms with van der Waals surface area (Å²) in [6, 6.07) is 10.5. The van der Waals surface area contributed by atoms with Gasteiger partial charge in [-0.3, -0.25) is 4.79 Å². The molecule has 2 aromatic carbocycles. The van der Waals surface area contributed by atoms with Gasteiger partial charge in [-0.15, -0.1) is 12.6 Å². The molecule has 0 unspecified atom stereocenters. The molecule has 0 aliphatic heterocycles. The first-order valence-electron chi connectivity index (χ1n) is 5.01. The molecule has 0 aliphatic rings. The summed E-state index contributed by atoms with van der Waals surface area (Å²) in [6.07, 6.45) is 0. The fraction of sp³-hybridized carbons (Fsp3) is 0. The summed E-state index contributed by atoms with van der Waals surface area (Å²) < 4.78 is 5.66. The van der Waals surface area contributed by atoms with Gasteiger partial charge in [-0.25, -0.2) is 0 Å². The van der Waals surface area contributed by atoms with Crippen LogP contribution in [-0.2, 0) is 0 Å². The largest absolute Gasteiger partial charge is 0.456 e. The van der Waals surface area contributed by atoms with Gasteiger partial charge in [-0.1, -0.05) is 23.7 Å². The Morgan fingerprint density at radius 1 is 1.06 bits per heavy atom. The van der Waals surface area contributed by atoms with Gasteiger partial charge in [0.15, 0.2) is 0 Å². The van der Waals surface area contributed by atoms with Crippen LogP contribution in [0.25, 0.3) is 21.9 Å². The molecular formula is C13H7ClO2S. The van der Waals surface area contributed by atoms with Crippen molar-refractivity contribution in [3.8, 4) is 0 Å². The molecule has 0 atom stereocenters. The van der Waals surface area contributed by atoms with E-state index in [1.165, 1.54) is 0 Å². The van der Waals surface area contributed by atoms with Crippen LogP contribution < -0.4 is 5.43 Å². The lowest BCUT2D eigenvalue weighted by molar-refractivity contribution is 0.659. The average Bonchev–Trinajstić information content (AvgIpc) is 2.34. The Kier molecular flexibility index (Phi) is 2.38. The first-order chi connectivity index (χ1) is 8.18. The zero-order valence-electron chi connectivity index (χ0n) is 8.61. The zero-order chi connectivity index (χ0) is 12.0. The normalized spacial score (nSPS) is 11.2. The third-order valence-corrected chi connectivity index (χ3v) is 3.58. The molecule has 1 aromatic heterocycles. The molecule has 1 heterocycles. The Morgan fingerprint density at radius 2 is 1.82 bits per heavy atom. The van der Waals surface area contributed by atoms with E-state index in [0.717, 1.165) is 0 Å². The number of hydrogen-bond acceptors (Lipinski definition) is 3. The summed E-state index contributed by atoms with van der Waals surface area (Å²) in [5, 5.41) is 1.42. The van der Waals surface area contributed by atoms with Gasteiger partial charge in [0.25, 0.3) is 0 Å². The quantitative estimate of drug-likeness (QED) is 0.492. The molecule has 3 rings (SSSR count). The molecule has 0 spiro atoms. The predicted molar refractivity (Wildman–Crippen MR) is 72.3 cm³/mol. The Balaban J connectivity index is 2.66. The van der Waals surface area contributed by atoms with Crippen molar-refractivity contribution in [3.05, 3.63) is 51.6 Å². The van der Waals surface area contributed by atoms with E-state index in [-0.39, 0.29) is 5.43 Å². The second-order valence-corrected chi connectivity index (χ2v) is 4.55. The first kappa shape index (κ1) is 10.7. The number of thiol groups is 1. The first-order valence-corrected chi connectivity index (χ1v) is 5.84.